The van der Waals surface area contributed by atoms with E-state index in [9.17, 15) is 19.2 Å². The van der Waals surface area contributed by atoms with Gasteiger partial charge in [0.15, 0.2) is 0 Å². The summed E-state index contributed by atoms with van der Waals surface area (Å²) in [6.07, 6.45) is 3.44. The first kappa shape index (κ1) is 44.2. The zero-order chi connectivity index (χ0) is 43.7. The van der Waals surface area contributed by atoms with Crippen molar-refractivity contribution in [3.8, 4) is 21.8 Å². The molecular weight excluding hydrogens is 795 g/mol. The predicted molar refractivity (Wildman–Crippen MR) is 236 cm³/mol. The molecule has 15 nitrogen and oxygen atoms in total. The summed E-state index contributed by atoms with van der Waals surface area (Å²) < 4.78 is 13.5. The molecule has 6 bridgehead atoms. The Balaban J connectivity index is 1.29. The lowest BCUT2D eigenvalue weighted by Gasteiger charge is -2.42. The number of amides is 5. The number of hydrogen-bond acceptors (Lipinski definition) is 10. The van der Waals surface area contributed by atoms with E-state index < -0.39 is 24.0 Å². The molecule has 328 valence electrons. The molecule has 3 aliphatic heterocycles. The van der Waals surface area contributed by atoms with Gasteiger partial charge in [-0.15, -0.1) is 11.3 Å². The molecule has 7 rings (SSSR count). The van der Waals surface area contributed by atoms with Gasteiger partial charge in [0.25, 0.3) is 5.91 Å². The summed E-state index contributed by atoms with van der Waals surface area (Å²) in [6.45, 7) is 14.6. The van der Waals surface area contributed by atoms with Crippen molar-refractivity contribution in [1.29, 1.82) is 0 Å². The lowest BCUT2D eigenvalue weighted by Crippen LogP contribution is -2.64. The summed E-state index contributed by atoms with van der Waals surface area (Å²) in [5, 5.41) is 11.5. The SMILES string of the molecule is CCn1c(-c2cccnc2[C@H](C)OC)c2c3cc(ccc31)-c1nc(cs1)C[C@H](NC(=O)C(C(C)C)N(C)C(=O)N1CC(OC)C1)C(=O)N1CCC[C@H](N1)C(=O)NCC(C)(C)C2. The number of hydrogen-bond donors (Lipinski definition) is 3. The Morgan fingerprint density at radius 2 is 1.90 bits per heavy atom. The Labute approximate surface area is 362 Å². The van der Waals surface area contributed by atoms with Crippen LogP contribution in [0.2, 0.25) is 0 Å². The molecule has 1 aromatic carbocycles. The molecule has 3 aromatic heterocycles. The first-order chi connectivity index (χ1) is 29.1. The van der Waals surface area contributed by atoms with Crippen LogP contribution in [0.1, 0.15) is 77.4 Å². The zero-order valence-corrected chi connectivity index (χ0v) is 37.7. The highest BCUT2D eigenvalue weighted by molar-refractivity contribution is 7.13. The summed E-state index contributed by atoms with van der Waals surface area (Å²) in [7, 11) is 4.93. The van der Waals surface area contributed by atoms with E-state index >= 15 is 0 Å². The lowest BCUT2D eigenvalue weighted by molar-refractivity contribution is -0.144. The molecule has 0 spiro atoms. The van der Waals surface area contributed by atoms with E-state index in [1.807, 2.05) is 32.2 Å². The number of aryl methyl sites for hydroxylation is 1. The Hall–Kier alpha value is -4.90. The fourth-order valence-electron chi connectivity index (χ4n) is 8.95. The number of hydrazine groups is 1. The van der Waals surface area contributed by atoms with E-state index in [0.29, 0.717) is 51.1 Å². The first-order valence-corrected chi connectivity index (χ1v) is 22.3. The van der Waals surface area contributed by atoms with Gasteiger partial charge >= 0.3 is 6.03 Å². The molecule has 1 unspecified atom stereocenters. The number of benzene rings is 1. The van der Waals surface area contributed by atoms with Gasteiger partial charge in [-0.1, -0.05) is 27.7 Å². The molecule has 0 aliphatic carbocycles. The number of pyridine rings is 1. The molecule has 6 heterocycles. The van der Waals surface area contributed by atoms with Crippen molar-refractivity contribution in [2.24, 2.45) is 11.3 Å². The highest BCUT2D eigenvalue weighted by atomic mass is 32.1. The molecule has 3 aliphatic rings. The average molecular weight is 856 g/mol. The highest BCUT2D eigenvalue weighted by Crippen LogP contribution is 2.42. The molecule has 5 amide bonds. The molecule has 3 N–H and O–H groups in total. The lowest BCUT2D eigenvalue weighted by atomic mass is 9.83. The number of carbonyl (C=O) groups is 4. The highest BCUT2D eigenvalue weighted by Gasteiger charge is 2.40. The number of thiazole rings is 1. The summed E-state index contributed by atoms with van der Waals surface area (Å²) in [5.74, 6) is -1.26. The standard InChI is InChI=1S/C45H61N9O6S/c1-10-53-36-16-15-28-19-32(36)33(39(53)31-13-11-17-46-37(31)27(4)59-8)21-45(5,6)25-47-40(55)34-14-12-18-54(50-34)43(57)35(20-29-24-61-42(28)48-29)49-41(56)38(26(2)3)51(7)44(58)52-22-30(23-52)60-9/h11,13,15-17,19,24,26-27,30,34-35,38,50H,10,12,14,18,20-23,25H2,1-9H3,(H,47,55)(H,49,56)/t27-,34-,35-,38?/m0/s1. The van der Waals surface area contributed by atoms with Crippen LogP contribution in [0.25, 0.3) is 32.7 Å². The fourth-order valence-corrected chi connectivity index (χ4v) is 9.78. The molecular formula is C45H61N9O6S. The van der Waals surface area contributed by atoms with Crippen LogP contribution in [-0.4, -0.2) is 125 Å². The molecule has 0 radical (unpaired) electrons. The van der Waals surface area contributed by atoms with Gasteiger partial charge in [-0.2, -0.15) is 0 Å². The Kier molecular flexibility index (Phi) is 13.2. The van der Waals surface area contributed by atoms with Crippen LogP contribution in [0, 0.1) is 11.3 Å². The number of methoxy groups -OCH3 is 2. The summed E-state index contributed by atoms with van der Waals surface area (Å²) in [6, 6.07) is 7.72. The third-order valence-electron chi connectivity index (χ3n) is 12.4. The number of fused-ring (bicyclic) bond motifs is 6. The molecule has 0 saturated carbocycles. The van der Waals surface area contributed by atoms with Gasteiger partial charge in [0.2, 0.25) is 11.8 Å². The minimum atomic E-state index is -1.03. The summed E-state index contributed by atoms with van der Waals surface area (Å²) in [4.78, 5) is 69.2. The van der Waals surface area contributed by atoms with E-state index in [1.54, 1.807) is 32.4 Å². The third-order valence-corrected chi connectivity index (χ3v) is 13.3. The quantitative estimate of drug-likeness (QED) is 0.206. The first-order valence-electron chi connectivity index (χ1n) is 21.4. The van der Waals surface area contributed by atoms with Crippen molar-refractivity contribution in [3.05, 3.63) is 58.9 Å². The number of rotatable bonds is 9. The number of likely N-dealkylation sites (N-methyl/N-ethyl adjacent to an activating group) is 1. The van der Waals surface area contributed by atoms with Gasteiger partial charge in [0.1, 0.15) is 23.1 Å². The second-order valence-electron chi connectivity index (χ2n) is 17.7. The van der Waals surface area contributed by atoms with Crippen molar-refractivity contribution in [1.82, 2.24) is 45.4 Å². The maximum absolute atomic E-state index is 14.5. The maximum atomic E-state index is 14.5. The van der Waals surface area contributed by atoms with Crippen LogP contribution in [-0.2, 0) is 43.2 Å². The second kappa shape index (κ2) is 18.2. The van der Waals surface area contributed by atoms with Crippen LogP contribution in [0.5, 0.6) is 0 Å². The van der Waals surface area contributed by atoms with Crippen LogP contribution >= 0.6 is 11.3 Å². The minimum absolute atomic E-state index is 0.0326. The number of likely N-dealkylation sites (tertiary alicyclic amines) is 1. The number of nitrogens with zero attached hydrogens (tertiary/aromatic N) is 6. The largest absolute Gasteiger partial charge is 0.378 e. The van der Waals surface area contributed by atoms with E-state index in [0.717, 1.165) is 50.5 Å². The van der Waals surface area contributed by atoms with Gasteiger partial charge in [-0.3, -0.25) is 24.4 Å². The number of carbonyl (C=O) groups excluding carboxylic acids is 4. The van der Waals surface area contributed by atoms with Crippen LogP contribution in [0.4, 0.5) is 4.79 Å². The van der Waals surface area contributed by atoms with Crippen molar-refractivity contribution in [2.45, 2.75) is 104 Å². The smallest absolute Gasteiger partial charge is 0.320 e. The minimum Gasteiger partial charge on any atom is -0.378 e. The number of ether oxygens (including phenoxy) is 2. The van der Waals surface area contributed by atoms with Crippen LogP contribution in [0.15, 0.2) is 41.9 Å². The Bertz CT molecular complexity index is 2260. The molecule has 16 heteroatoms. The normalized spacial score (nSPS) is 20.8. The summed E-state index contributed by atoms with van der Waals surface area (Å²) >= 11 is 1.49. The third kappa shape index (κ3) is 9.04. The van der Waals surface area contributed by atoms with Gasteiger partial charge in [-0.25, -0.2) is 15.2 Å². The monoisotopic (exact) mass is 855 g/mol. The topological polar surface area (TPSA) is 163 Å². The van der Waals surface area contributed by atoms with E-state index in [2.05, 4.69) is 65.7 Å². The van der Waals surface area contributed by atoms with Crippen molar-refractivity contribution < 1.29 is 28.7 Å². The van der Waals surface area contributed by atoms with Crippen LogP contribution in [0.3, 0.4) is 0 Å². The average Bonchev–Trinajstić information content (AvgIpc) is 3.82. The second-order valence-corrected chi connectivity index (χ2v) is 18.6. The molecule has 2 saturated heterocycles. The molecule has 4 aromatic rings. The maximum Gasteiger partial charge on any atom is 0.320 e. The predicted octanol–water partition coefficient (Wildman–Crippen LogP) is 5.18. The van der Waals surface area contributed by atoms with E-state index in [4.69, 9.17) is 19.4 Å². The van der Waals surface area contributed by atoms with Gasteiger partial charge in [-0.05, 0) is 80.3 Å². The van der Waals surface area contributed by atoms with Crippen molar-refractivity contribution in [3.63, 3.8) is 0 Å². The van der Waals surface area contributed by atoms with Gasteiger partial charge < -0.3 is 34.5 Å². The van der Waals surface area contributed by atoms with Gasteiger partial charge in [0.05, 0.1) is 42.4 Å². The molecule has 4 atom stereocenters. The fraction of sp³-hybridized carbons (Fsp3) is 0.556. The van der Waals surface area contributed by atoms with Crippen molar-refractivity contribution >= 4 is 46.0 Å². The number of nitrogens with one attached hydrogen (secondary N) is 3. The van der Waals surface area contributed by atoms with E-state index in [-0.39, 0.29) is 47.8 Å². The van der Waals surface area contributed by atoms with Crippen LogP contribution < -0.4 is 16.1 Å². The molecule has 2 fully saturated rings. The Morgan fingerprint density at radius 1 is 1.13 bits per heavy atom. The van der Waals surface area contributed by atoms with Gasteiger partial charge in [0, 0.05) is 80.9 Å². The Morgan fingerprint density at radius 3 is 2.61 bits per heavy atom. The summed E-state index contributed by atoms with van der Waals surface area (Å²) in [5.41, 5.74) is 9.56. The zero-order valence-electron chi connectivity index (χ0n) is 36.9. The number of aromatic nitrogens is 3. The number of urea groups is 1. The molecule has 61 heavy (non-hydrogen) atoms. The van der Waals surface area contributed by atoms with E-state index in [1.165, 1.54) is 21.2 Å². The van der Waals surface area contributed by atoms with Crippen molar-refractivity contribution in [2.75, 3.05) is 47.4 Å².